The van der Waals surface area contributed by atoms with Gasteiger partial charge in [-0.25, -0.2) is 8.42 Å². The van der Waals surface area contributed by atoms with Crippen LogP contribution in [0.3, 0.4) is 0 Å². The summed E-state index contributed by atoms with van der Waals surface area (Å²) >= 11 is 0. The number of nitrogens with one attached hydrogen (secondary N) is 1. The van der Waals surface area contributed by atoms with E-state index in [0.717, 1.165) is 0 Å². The molecule has 22 heavy (non-hydrogen) atoms. The number of carboxylic acids is 1. The fraction of sp³-hybridized carbons (Fsp3) is 0.833. The number of carboxylic acid groups (broad SMARTS) is 1. The maximum absolute atomic E-state index is 11.8. The van der Waals surface area contributed by atoms with Crippen molar-refractivity contribution in [1.29, 1.82) is 0 Å². The number of aliphatic carboxylic acids is 1. The standard InChI is InChI=1S/C12H23NO6S.2Na/c1-8(9(11(15)16)7-12(2,3)4)10(14)13-5-6-20(17,18)19;;/h8-9H,5-7H2,1-4H3,(H,13,14)(H,15,16)(H,17,18,19);;/q;2*+1/p-2. The van der Waals surface area contributed by atoms with Gasteiger partial charge in [0.1, 0.15) is 0 Å². The van der Waals surface area contributed by atoms with Gasteiger partial charge in [0, 0.05) is 24.3 Å². The second-order valence-electron chi connectivity index (χ2n) is 6.03. The van der Waals surface area contributed by atoms with Crippen molar-refractivity contribution in [3.63, 3.8) is 0 Å². The Bertz CT molecular complexity index is 461. The van der Waals surface area contributed by atoms with Crippen LogP contribution < -0.4 is 69.5 Å². The maximum atomic E-state index is 11.8. The van der Waals surface area contributed by atoms with Crippen molar-refractivity contribution in [2.24, 2.45) is 17.3 Å². The smallest absolute Gasteiger partial charge is 0.748 e. The number of amides is 1. The minimum Gasteiger partial charge on any atom is -0.748 e. The number of carbonyl (C=O) groups excluding carboxylic acids is 2. The van der Waals surface area contributed by atoms with E-state index in [1.54, 1.807) is 0 Å². The van der Waals surface area contributed by atoms with Crippen LogP contribution in [-0.4, -0.2) is 37.1 Å². The molecule has 0 aliphatic heterocycles. The molecule has 0 bridgehead atoms. The average Bonchev–Trinajstić information content (AvgIpc) is 2.21. The van der Waals surface area contributed by atoms with E-state index in [-0.39, 0.29) is 77.5 Å². The van der Waals surface area contributed by atoms with E-state index < -0.39 is 39.6 Å². The largest absolute Gasteiger partial charge is 1.00 e. The van der Waals surface area contributed by atoms with Gasteiger partial charge in [0.2, 0.25) is 5.91 Å². The predicted molar refractivity (Wildman–Crippen MR) is 69.3 cm³/mol. The molecule has 0 saturated heterocycles. The Kier molecular flexibility index (Phi) is 14.4. The third kappa shape index (κ3) is 13.3. The molecule has 0 aromatic heterocycles. The minimum absolute atomic E-state index is 0. The SMILES string of the molecule is CC(C(=O)NCCS(=O)(=O)[O-])C(CC(C)(C)C)C(=O)[O-].[Na+].[Na+]. The summed E-state index contributed by atoms with van der Waals surface area (Å²) in [5, 5.41) is 13.4. The maximum Gasteiger partial charge on any atom is 1.00 e. The minimum atomic E-state index is -4.40. The van der Waals surface area contributed by atoms with Gasteiger partial charge < -0.3 is 19.8 Å². The van der Waals surface area contributed by atoms with Gasteiger partial charge in [0.15, 0.2) is 0 Å². The van der Waals surface area contributed by atoms with Crippen LogP contribution in [0, 0.1) is 17.3 Å². The molecule has 10 heteroatoms. The van der Waals surface area contributed by atoms with E-state index in [9.17, 15) is 27.7 Å². The van der Waals surface area contributed by atoms with Gasteiger partial charge in [-0.2, -0.15) is 0 Å². The van der Waals surface area contributed by atoms with Gasteiger partial charge in [0.05, 0.1) is 15.9 Å². The molecule has 0 saturated carbocycles. The summed E-state index contributed by atoms with van der Waals surface area (Å²) in [5.74, 6) is -4.49. The zero-order valence-corrected chi connectivity index (χ0v) is 19.0. The second-order valence-corrected chi connectivity index (χ2v) is 7.56. The fourth-order valence-corrected chi connectivity index (χ4v) is 2.12. The Morgan fingerprint density at radius 3 is 1.95 bits per heavy atom. The molecule has 0 aromatic rings. The molecular formula is C12H21NNa2O6S. The zero-order valence-electron chi connectivity index (χ0n) is 14.1. The van der Waals surface area contributed by atoms with Crippen LogP contribution >= 0.6 is 0 Å². The summed E-state index contributed by atoms with van der Waals surface area (Å²) in [7, 11) is -4.40. The van der Waals surface area contributed by atoms with Crippen LogP contribution in [0.2, 0.25) is 0 Å². The van der Waals surface area contributed by atoms with Crippen molar-refractivity contribution in [2.45, 2.75) is 34.1 Å². The first-order valence-electron chi connectivity index (χ1n) is 6.25. The van der Waals surface area contributed by atoms with Crippen LogP contribution in [0.25, 0.3) is 0 Å². The van der Waals surface area contributed by atoms with E-state index in [2.05, 4.69) is 5.32 Å². The summed E-state index contributed by atoms with van der Waals surface area (Å²) in [5.41, 5.74) is -0.294. The third-order valence-corrected chi connectivity index (χ3v) is 3.51. The molecule has 0 rings (SSSR count). The van der Waals surface area contributed by atoms with Gasteiger partial charge in [-0.3, -0.25) is 4.79 Å². The van der Waals surface area contributed by atoms with E-state index in [0.29, 0.717) is 0 Å². The molecule has 1 amide bonds. The van der Waals surface area contributed by atoms with Crippen molar-refractivity contribution in [1.82, 2.24) is 5.32 Å². The van der Waals surface area contributed by atoms with Crippen LogP contribution in [-0.2, 0) is 19.7 Å². The Labute approximate surface area is 176 Å². The van der Waals surface area contributed by atoms with Crippen molar-refractivity contribution in [3.05, 3.63) is 0 Å². The fourth-order valence-electron chi connectivity index (χ4n) is 1.77. The predicted octanol–water partition coefficient (Wildman–Crippen LogP) is -6.91. The molecule has 2 unspecified atom stereocenters. The number of hydrogen-bond acceptors (Lipinski definition) is 6. The van der Waals surface area contributed by atoms with Gasteiger partial charge in [-0.15, -0.1) is 0 Å². The molecule has 118 valence electrons. The number of hydrogen-bond donors (Lipinski definition) is 1. The van der Waals surface area contributed by atoms with E-state index >= 15 is 0 Å². The second kappa shape index (κ2) is 11.4. The zero-order chi connectivity index (χ0) is 16.1. The van der Waals surface area contributed by atoms with Gasteiger partial charge in [0.25, 0.3) is 0 Å². The van der Waals surface area contributed by atoms with Crippen LogP contribution in [0.15, 0.2) is 0 Å². The molecule has 1 N–H and O–H groups in total. The molecule has 0 heterocycles. The van der Waals surface area contributed by atoms with Gasteiger partial charge in [-0.1, -0.05) is 27.7 Å². The van der Waals surface area contributed by atoms with Gasteiger partial charge >= 0.3 is 59.1 Å². The molecule has 7 nitrogen and oxygen atoms in total. The van der Waals surface area contributed by atoms with Crippen molar-refractivity contribution >= 4 is 22.0 Å². The third-order valence-electron chi connectivity index (χ3n) is 2.80. The first-order chi connectivity index (χ1) is 8.83. The quantitative estimate of drug-likeness (QED) is 0.358. The van der Waals surface area contributed by atoms with E-state index in [1.165, 1.54) is 6.92 Å². The van der Waals surface area contributed by atoms with Crippen LogP contribution in [0.4, 0.5) is 0 Å². The van der Waals surface area contributed by atoms with Gasteiger partial charge in [-0.05, 0) is 11.8 Å². The van der Waals surface area contributed by atoms with E-state index in [4.69, 9.17) is 0 Å². The monoisotopic (exact) mass is 353 g/mol. The van der Waals surface area contributed by atoms with Crippen LogP contribution in [0.5, 0.6) is 0 Å². The number of carbonyl (C=O) groups is 2. The molecule has 0 aliphatic rings. The summed E-state index contributed by atoms with van der Waals surface area (Å²) < 4.78 is 31.2. The summed E-state index contributed by atoms with van der Waals surface area (Å²) in [6.07, 6.45) is 0.254. The molecular weight excluding hydrogens is 332 g/mol. The summed E-state index contributed by atoms with van der Waals surface area (Å²) in [6, 6.07) is 0. The van der Waals surface area contributed by atoms with Crippen LogP contribution in [0.1, 0.15) is 34.1 Å². The average molecular weight is 353 g/mol. The Balaban J connectivity index is -0.00000180. The first kappa shape index (κ1) is 27.7. The Morgan fingerprint density at radius 2 is 1.64 bits per heavy atom. The normalized spacial score (nSPS) is 14.0. The topological polar surface area (TPSA) is 126 Å². The summed E-state index contributed by atoms with van der Waals surface area (Å²) in [6.45, 7) is 6.64. The van der Waals surface area contributed by atoms with Crippen molar-refractivity contribution < 1.29 is 86.8 Å². The molecule has 2 atom stereocenters. The van der Waals surface area contributed by atoms with Crippen molar-refractivity contribution in [2.75, 3.05) is 12.3 Å². The molecule has 0 aromatic carbocycles. The number of rotatable bonds is 7. The Hall–Kier alpha value is 0.850. The van der Waals surface area contributed by atoms with Crippen molar-refractivity contribution in [3.8, 4) is 0 Å². The molecule has 0 radical (unpaired) electrons. The summed E-state index contributed by atoms with van der Waals surface area (Å²) in [4.78, 5) is 22.9. The Morgan fingerprint density at radius 1 is 1.18 bits per heavy atom. The molecule has 0 fully saturated rings. The first-order valence-corrected chi connectivity index (χ1v) is 7.83. The molecule has 0 spiro atoms. The van der Waals surface area contributed by atoms with E-state index in [1.807, 2.05) is 20.8 Å². The molecule has 0 aliphatic carbocycles.